The number of rotatable bonds is 2. The zero-order chi connectivity index (χ0) is 16.6. The van der Waals surface area contributed by atoms with Crippen molar-refractivity contribution in [3.05, 3.63) is 51.7 Å². The third kappa shape index (κ3) is 2.74. The molecule has 0 saturated carbocycles. The topological polar surface area (TPSA) is 91.8 Å². The van der Waals surface area contributed by atoms with Gasteiger partial charge in [0.25, 0.3) is 11.5 Å². The first-order valence-corrected chi connectivity index (χ1v) is 7.59. The fourth-order valence-electron chi connectivity index (χ4n) is 3.01. The van der Waals surface area contributed by atoms with E-state index in [1.165, 1.54) is 12.3 Å². The number of carbonyl (C=O) groups is 1. The summed E-state index contributed by atoms with van der Waals surface area (Å²) in [5.74, 6) is 0.329. The fraction of sp³-hybridized carbons (Fsp3) is 0.438. The van der Waals surface area contributed by atoms with Crippen LogP contribution < -0.4 is 5.56 Å². The first-order chi connectivity index (χ1) is 10.9. The lowest BCUT2D eigenvalue weighted by molar-refractivity contribution is 0.0596. The number of H-pyrrole nitrogens is 1. The molecule has 1 fully saturated rings. The number of hydrogen-bond acceptors (Lipinski definition) is 5. The summed E-state index contributed by atoms with van der Waals surface area (Å²) in [6.07, 6.45) is 4.65. The summed E-state index contributed by atoms with van der Waals surface area (Å²) >= 11 is 0. The molecule has 2 aromatic heterocycles. The van der Waals surface area contributed by atoms with E-state index < -0.39 is 5.54 Å². The van der Waals surface area contributed by atoms with Crippen LogP contribution in [0.3, 0.4) is 0 Å². The second-order valence-electron chi connectivity index (χ2n) is 6.11. The van der Waals surface area contributed by atoms with Crippen LogP contribution in [0, 0.1) is 13.8 Å². The van der Waals surface area contributed by atoms with Gasteiger partial charge in [0.2, 0.25) is 0 Å². The Balaban J connectivity index is 2.00. The third-order valence-corrected chi connectivity index (χ3v) is 4.27. The Morgan fingerprint density at radius 2 is 2.04 bits per heavy atom. The molecule has 0 bridgehead atoms. The lowest BCUT2D eigenvalue weighted by atomic mass is 9.97. The minimum Gasteiger partial charge on any atom is -0.325 e. The van der Waals surface area contributed by atoms with E-state index in [4.69, 9.17) is 0 Å². The molecule has 0 radical (unpaired) electrons. The van der Waals surface area contributed by atoms with Crippen LogP contribution in [0.25, 0.3) is 0 Å². The maximum absolute atomic E-state index is 12.8. The monoisotopic (exact) mass is 313 g/mol. The summed E-state index contributed by atoms with van der Waals surface area (Å²) < 4.78 is 0. The summed E-state index contributed by atoms with van der Waals surface area (Å²) in [6.45, 7) is 6.12. The summed E-state index contributed by atoms with van der Waals surface area (Å²) in [6, 6.07) is 1.44. The van der Waals surface area contributed by atoms with Crippen molar-refractivity contribution >= 4 is 5.91 Å². The van der Waals surface area contributed by atoms with E-state index in [0.717, 1.165) is 18.5 Å². The van der Waals surface area contributed by atoms with Crippen LogP contribution in [0.15, 0.2) is 23.3 Å². The van der Waals surface area contributed by atoms with Crippen LogP contribution in [-0.2, 0) is 5.54 Å². The van der Waals surface area contributed by atoms with Crippen molar-refractivity contribution in [3.63, 3.8) is 0 Å². The Labute approximate surface area is 133 Å². The minimum atomic E-state index is -0.644. The molecule has 3 rings (SSSR count). The predicted molar refractivity (Wildman–Crippen MR) is 84.0 cm³/mol. The molecular weight excluding hydrogens is 294 g/mol. The van der Waals surface area contributed by atoms with E-state index in [1.54, 1.807) is 18.0 Å². The maximum Gasteiger partial charge on any atom is 0.274 e. The lowest BCUT2D eigenvalue weighted by Crippen LogP contribution is -2.45. The number of nitrogens with one attached hydrogen (secondary N) is 1. The molecule has 23 heavy (non-hydrogen) atoms. The summed E-state index contributed by atoms with van der Waals surface area (Å²) in [5, 5.41) is 0. The largest absolute Gasteiger partial charge is 0.325 e. The summed E-state index contributed by atoms with van der Waals surface area (Å²) in [7, 11) is 0. The number of amides is 1. The molecule has 3 heterocycles. The van der Waals surface area contributed by atoms with Gasteiger partial charge >= 0.3 is 0 Å². The standard InChI is InChI=1S/C16H19N5O2/c1-10-7-13(22)20-15(19-10)16(3)5-4-6-21(16)14(23)12-9-17-11(2)8-18-12/h7-9H,4-6H2,1-3H3,(H,19,20,22)/t16-/m1/s1. The molecule has 0 aliphatic carbocycles. The van der Waals surface area contributed by atoms with E-state index in [0.29, 0.717) is 23.8 Å². The van der Waals surface area contributed by atoms with Gasteiger partial charge in [0.15, 0.2) is 0 Å². The normalized spacial score (nSPS) is 20.7. The van der Waals surface area contributed by atoms with Gasteiger partial charge in [-0.1, -0.05) is 0 Å². The molecule has 7 heteroatoms. The molecule has 120 valence electrons. The second-order valence-corrected chi connectivity index (χ2v) is 6.11. The molecule has 1 saturated heterocycles. The van der Waals surface area contributed by atoms with Gasteiger partial charge in [-0.15, -0.1) is 0 Å². The van der Waals surface area contributed by atoms with Crippen LogP contribution in [0.5, 0.6) is 0 Å². The lowest BCUT2D eigenvalue weighted by Gasteiger charge is -2.34. The van der Waals surface area contributed by atoms with E-state index in [9.17, 15) is 9.59 Å². The third-order valence-electron chi connectivity index (χ3n) is 4.27. The first kappa shape index (κ1) is 15.3. The molecule has 0 unspecified atom stereocenters. The minimum absolute atomic E-state index is 0.193. The van der Waals surface area contributed by atoms with Gasteiger partial charge in [0, 0.05) is 24.5 Å². The van der Waals surface area contributed by atoms with Crippen molar-refractivity contribution in [3.8, 4) is 0 Å². The van der Waals surface area contributed by atoms with E-state index in [-0.39, 0.29) is 11.5 Å². The fourth-order valence-corrected chi connectivity index (χ4v) is 3.01. The van der Waals surface area contributed by atoms with Crippen LogP contribution >= 0.6 is 0 Å². The van der Waals surface area contributed by atoms with Gasteiger partial charge in [-0.05, 0) is 33.6 Å². The van der Waals surface area contributed by atoms with Crippen molar-refractivity contribution in [1.82, 2.24) is 24.8 Å². The first-order valence-electron chi connectivity index (χ1n) is 7.59. The van der Waals surface area contributed by atoms with E-state index in [2.05, 4.69) is 19.9 Å². The Kier molecular flexibility index (Phi) is 3.71. The average Bonchev–Trinajstić information content (AvgIpc) is 2.89. The maximum atomic E-state index is 12.8. The molecule has 7 nitrogen and oxygen atoms in total. The van der Waals surface area contributed by atoms with Crippen molar-refractivity contribution in [2.75, 3.05) is 6.54 Å². The Bertz CT molecular complexity index is 799. The van der Waals surface area contributed by atoms with E-state index in [1.807, 2.05) is 13.8 Å². The van der Waals surface area contributed by atoms with Crippen LogP contribution in [-0.4, -0.2) is 37.3 Å². The van der Waals surface area contributed by atoms with Gasteiger partial charge < -0.3 is 9.88 Å². The van der Waals surface area contributed by atoms with Crippen molar-refractivity contribution in [2.45, 2.75) is 39.2 Å². The quantitative estimate of drug-likeness (QED) is 0.903. The molecular formula is C16H19N5O2. The van der Waals surface area contributed by atoms with Crippen LogP contribution in [0.1, 0.15) is 47.5 Å². The molecule has 1 atom stereocenters. The predicted octanol–water partition coefficient (Wildman–Crippen LogP) is 1.33. The number of aromatic amines is 1. The zero-order valence-electron chi connectivity index (χ0n) is 13.5. The van der Waals surface area contributed by atoms with Gasteiger partial charge in [-0.25, -0.2) is 9.97 Å². The molecule has 2 aromatic rings. The molecule has 1 N–H and O–H groups in total. The smallest absolute Gasteiger partial charge is 0.274 e. The van der Waals surface area contributed by atoms with Crippen molar-refractivity contribution in [1.29, 1.82) is 0 Å². The summed E-state index contributed by atoms with van der Waals surface area (Å²) in [5.41, 5.74) is 0.853. The van der Waals surface area contributed by atoms with Gasteiger partial charge in [-0.2, -0.15) is 0 Å². The molecule has 1 aliphatic rings. The highest BCUT2D eigenvalue weighted by atomic mass is 16.2. The molecule has 1 aliphatic heterocycles. The number of carbonyl (C=O) groups excluding carboxylic acids is 1. The van der Waals surface area contributed by atoms with Crippen LogP contribution in [0.2, 0.25) is 0 Å². The van der Waals surface area contributed by atoms with Gasteiger partial charge in [-0.3, -0.25) is 14.6 Å². The number of aromatic nitrogens is 4. The van der Waals surface area contributed by atoms with Crippen molar-refractivity contribution in [2.24, 2.45) is 0 Å². The summed E-state index contributed by atoms with van der Waals surface area (Å²) in [4.78, 5) is 41.8. The Morgan fingerprint density at radius 1 is 1.26 bits per heavy atom. The SMILES string of the molecule is Cc1cnc(C(=O)N2CCC[C@]2(C)c2nc(C)cc(=O)[nH]2)cn1. The van der Waals surface area contributed by atoms with Gasteiger partial charge in [0.05, 0.1) is 17.4 Å². The van der Waals surface area contributed by atoms with Crippen LogP contribution in [0.4, 0.5) is 0 Å². The molecule has 0 spiro atoms. The van der Waals surface area contributed by atoms with Crippen molar-refractivity contribution < 1.29 is 4.79 Å². The number of nitrogens with zero attached hydrogens (tertiary/aromatic N) is 4. The second kappa shape index (κ2) is 5.57. The van der Waals surface area contributed by atoms with E-state index >= 15 is 0 Å². The number of hydrogen-bond donors (Lipinski definition) is 1. The average molecular weight is 313 g/mol. The highest BCUT2D eigenvalue weighted by Gasteiger charge is 2.43. The Hall–Kier alpha value is -2.57. The number of aryl methyl sites for hydroxylation is 2. The Morgan fingerprint density at radius 3 is 2.70 bits per heavy atom. The van der Waals surface area contributed by atoms with Gasteiger partial charge in [0.1, 0.15) is 11.5 Å². The zero-order valence-corrected chi connectivity index (χ0v) is 13.5. The molecule has 1 amide bonds. The molecule has 0 aromatic carbocycles. The number of likely N-dealkylation sites (tertiary alicyclic amines) is 1. The highest BCUT2D eigenvalue weighted by molar-refractivity contribution is 5.92. The highest BCUT2D eigenvalue weighted by Crippen LogP contribution is 2.37.